The molecule has 3 fully saturated rings. The topological polar surface area (TPSA) is 328 Å². The van der Waals surface area contributed by atoms with E-state index in [9.17, 15) is 66.1 Å². The van der Waals surface area contributed by atoms with Crippen LogP contribution in [-0.4, -0.2) is 160 Å². The minimum atomic E-state index is -2.03. The van der Waals surface area contributed by atoms with E-state index in [0.717, 1.165) is 24.3 Å². The Morgan fingerprint density at radius 1 is 0.604 bits per heavy atom. The average Bonchev–Trinajstić information content (AvgIpc) is 3.12. The maximum Gasteiger partial charge on any atom is 0.239 e. The first kappa shape index (κ1) is 38.8. The summed E-state index contributed by atoms with van der Waals surface area (Å²) in [5.41, 5.74) is -1.55. The number of aromatic hydroxyl groups is 3. The second kappa shape index (κ2) is 15.1. The van der Waals surface area contributed by atoms with Crippen molar-refractivity contribution in [2.45, 2.75) is 106 Å². The molecule has 0 radical (unpaired) electrons. The summed E-state index contributed by atoms with van der Waals surface area (Å²) in [5, 5.41) is 124. The van der Waals surface area contributed by atoms with Gasteiger partial charge >= 0.3 is 0 Å². The SMILES string of the molecule is C[C@H]1O[C@H](OC[C@@H]2O[C@H](Oc3c(-c4ccc(O)c(O)c4)oc4cc(O[C@H]5O[C@H](C)[C@@H](O)[C@H](O)[C@@H]5O)cc(O)c4c3=O)[C@@H](O)[C@H](O)[C@@H]2O)[C@@H](O)[C@@H](O)[C@@H]1O. The number of hydrogen-bond donors (Lipinski definition) is 12. The molecule has 6 rings (SSSR count). The molecule has 20 nitrogen and oxygen atoms in total. The summed E-state index contributed by atoms with van der Waals surface area (Å²) in [6.07, 6.45) is -24.0. The molecule has 1 aromatic heterocycles. The maximum absolute atomic E-state index is 14.0. The van der Waals surface area contributed by atoms with Crippen LogP contribution in [0.2, 0.25) is 0 Å². The molecule has 15 atom stereocenters. The van der Waals surface area contributed by atoms with E-state index in [1.807, 2.05) is 0 Å². The standard InChI is InChI=1S/C33H40O20/c1-9-19(37)23(41)26(44)31(48-9)47-8-17-21(39)25(43)28(46)33(52-17)53-30-22(40)18-15(36)6-12(50-32-27(45)24(42)20(38)10(2)49-32)7-16(18)51-29(30)11-3-4-13(34)14(35)5-11/h3-7,9-10,17,19-21,23-28,31-39,41-46H,8H2,1-2H3/t9-,10-,17+,19-,20-,21-,23+,24+,25-,26+,27+,28+,31+,32-,33-/m1/s1. The van der Waals surface area contributed by atoms with Crippen LogP contribution in [0.5, 0.6) is 28.7 Å². The van der Waals surface area contributed by atoms with Crippen LogP contribution in [-0.2, 0) is 18.9 Å². The highest BCUT2D eigenvalue weighted by molar-refractivity contribution is 5.88. The number of benzene rings is 2. The van der Waals surface area contributed by atoms with Gasteiger partial charge in [-0.05, 0) is 32.0 Å². The average molecular weight is 757 g/mol. The van der Waals surface area contributed by atoms with Crippen LogP contribution in [0.25, 0.3) is 22.3 Å². The third kappa shape index (κ3) is 7.34. The van der Waals surface area contributed by atoms with E-state index >= 15 is 0 Å². The number of aliphatic hydroxyl groups is 9. The summed E-state index contributed by atoms with van der Waals surface area (Å²) >= 11 is 0. The fraction of sp³-hybridized carbons (Fsp3) is 0.545. The number of ether oxygens (including phenoxy) is 6. The number of hydrogen-bond acceptors (Lipinski definition) is 20. The van der Waals surface area contributed by atoms with E-state index in [1.54, 1.807) is 0 Å². The zero-order valence-corrected chi connectivity index (χ0v) is 27.9. The van der Waals surface area contributed by atoms with Gasteiger partial charge in [-0.2, -0.15) is 0 Å². The van der Waals surface area contributed by atoms with E-state index in [4.69, 9.17) is 32.8 Å². The first-order chi connectivity index (χ1) is 25.0. The Balaban J connectivity index is 1.34. The van der Waals surface area contributed by atoms with Gasteiger partial charge in [0.25, 0.3) is 0 Å². The van der Waals surface area contributed by atoms with Crippen LogP contribution in [0, 0.1) is 0 Å². The third-order valence-corrected chi connectivity index (χ3v) is 9.34. The monoisotopic (exact) mass is 756 g/mol. The number of fused-ring (bicyclic) bond motifs is 1. The van der Waals surface area contributed by atoms with Crippen LogP contribution in [0.15, 0.2) is 39.5 Å². The highest BCUT2D eigenvalue weighted by Gasteiger charge is 2.48. The van der Waals surface area contributed by atoms with Gasteiger partial charge in [-0.1, -0.05) is 0 Å². The third-order valence-electron chi connectivity index (χ3n) is 9.34. The summed E-state index contributed by atoms with van der Waals surface area (Å²) in [7, 11) is 0. The second-order valence-electron chi connectivity index (χ2n) is 13.1. The molecule has 0 saturated carbocycles. The molecule has 20 heteroatoms. The van der Waals surface area contributed by atoms with Crippen molar-refractivity contribution in [1.29, 1.82) is 0 Å². The van der Waals surface area contributed by atoms with Crippen LogP contribution >= 0.6 is 0 Å². The smallest absolute Gasteiger partial charge is 0.239 e. The molecule has 3 saturated heterocycles. The number of phenols is 3. The lowest BCUT2D eigenvalue weighted by Gasteiger charge is -2.42. The predicted octanol–water partition coefficient (Wildman–Crippen LogP) is -3.19. The van der Waals surface area contributed by atoms with E-state index in [-0.39, 0.29) is 16.9 Å². The Hall–Kier alpha value is -3.87. The Bertz CT molecular complexity index is 1830. The lowest BCUT2D eigenvalue weighted by molar-refractivity contribution is -0.318. The highest BCUT2D eigenvalue weighted by Crippen LogP contribution is 2.40. The van der Waals surface area contributed by atoms with Gasteiger partial charge in [-0.3, -0.25) is 4.79 Å². The quantitative estimate of drug-likeness (QED) is 0.101. The van der Waals surface area contributed by atoms with E-state index in [1.165, 1.54) is 19.9 Å². The van der Waals surface area contributed by atoms with Gasteiger partial charge in [0, 0.05) is 17.7 Å². The molecule has 12 N–H and O–H groups in total. The number of phenolic OH excluding ortho intramolecular Hbond substituents is 3. The largest absolute Gasteiger partial charge is 0.507 e. The highest BCUT2D eigenvalue weighted by atomic mass is 16.7. The van der Waals surface area contributed by atoms with Gasteiger partial charge in [0.15, 0.2) is 23.5 Å². The molecule has 0 unspecified atom stereocenters. The molecule has 53 heavy (non-hydrogen) atoms. The first-order valence-corrected chi connectivity index (χ1v) is 16.4. The van der Waals surface area contributed by atoms with Gasteiger partial charge in [0.05, 0.1) is 18.8 Å². The molecule has 0 spiro atoms. The molecular formula is C33H40O20. The fourth-order valence-corrected chi connectivity index (χ4v) is 6.14. The van der Waals surface area contributed by atoms with Crippen LogP contribution in [0.3, 0.4) is 0 Å². The van der Waals surface area contributed by atoms with Gasteiger partial charge < -0.3 is 94.1 Å². The van der Waals surface area contributed by atoms with Crippen molar-refractivity contribution in [3.05, 3.63) is 40.6 Å². The van der Waals surface area contributed by atoms with E-state index in [2.05, 4.69) is 0 Å². The fourth-order valence-electron chi connectivity index (χ4n) is 6.14. The van der Waals surface area contributed by atoms with Crippen LogP contribution < -0.4 is 14.9 Å². The minimum Gasteiger partial charge on any atom is -0.507 e. The summed E-state index contributed by atoms with van der Waals surface area (Å²) < 4.78 is 39.3. The normalized spacial score (nSPS) is 37.8. The summed E-state index contributed by atoms with van der Waals surface area (Å²) in [5.74, 6) is -3.42. The van der Waals surface area contributed by atoms with Crippen molar-refractivity contribution in [3.8, 4) is 40.1 Å². The Labute approximate surface area is 298 Å². The Kier molecular flexibility index (Phi) is 11.1. The molecule has 292 valence electrons. The molecule has 2 aromatic carbocycles. The second-order valence-corrected chi connectivity index (χ2v) is 13.1. The molecule has 0 bridgehead atoms. The van der Waals surface area contributed by atoms with Crippen LogP contribution in [0.4, 0.5) is 0 Å². The minimum absolute atomic E-state index is 0.0962. The van der Waals surface area contributed by atoms with Crippen molar-refractivity contribution in [2.75, 3.05) is 6.61 Å². The summed E-state index contributed by atoms with van der Waals surface area (Å²) in [6.45, 7) is 2.18. The molecule has 3 aromatic rings. The van der Waals surface area contributed by atoms with Crippen molar-refractivity contribution in [3.63, 3.8) is 0 Å². The van der Waals surface area contributed by atoms with Crippen molar-refractivity contribution in [2.24, 2.45) is 0 Å². The van der Waals surface area contributed by atoms with Crippen molar-refractivity contribution >= 4 is 11.0 Å². The first-order valence-electron chi connectivity index (χ1n) is 16.4. The molecule has 3 aliphatic rings. The van der Waals surface area contributed by atoms with Crippen molar-refractivity contribution in [1.82, 2.24) is 0 Å². The lowest BCUT2D eigenvalue weighted by atomic mass is 9.98. The molecule has 4 heterocycles. The zero-order chi connectivity index (χ0) is 38.6. The van der Waals surface area contributed by atoms with E-state index < -0.39 is 138 Å². The predicted molar refractivity (Wildman–Crippen MR) is 172 cm³/mol. The Morgan fingerprint density at radius 2 is 1.17 bits per heavy atom. The molecular weight excluding hydrogens is 716 g/mol. The number of rotatable bonds is 8. The zero-order valence-electron chi connectivity index (χ0n) is 27.9. The summed E-state index contributed by atoms with van der Waals surface area (Å²) in [6, 6.07) is 5.31. The lowest BCUT2D eigenvalue weighted by Crippen LogP contribution is -2.61. The maximum atomic E-state index is 14.0. The van der Waals surface area contributed by atoms with Gasteiger partial charge in [0.1, 0.15) is 83.5 Å². The van der Waals surface area contributed by atoms with Crippen LogP contribution in [0.1, 0.15) is 13.8 Å². The van der Waals surface area contributed by atoms with E-state index in [0.29, 0.717) is 0 Å². The molecule has 0 aliphatic carbocycles. The number of aliphatic hydroxyl groups excluding tert-OH is 9. The van der Waals surface area contributed by atoms with Gasteiger partial charge in [-0.25, -0.2) is 0 Å². The van der Waals surface area contributed by atoms with Gasteiger partial charge in [-0.15, -0.1) is 0 Å². The van der Waals surface area contributed by atoms with Crippen molar-refractivity contribution < 1.29 is 94.1 Å². The molecule has 3 aliphatic heterocycles. The summed E-state index contributed by atoms with van der Waals surface area (Å²) in [4.78, 5) is 14.0. The van der Waals surface area contributed by atoms with Gasteiger partial charge in [0.2, 0.25) is 23.8 Å². The Morgan fingerprint density at radius 3 is 1.79 bits per heavy atom. The molecule has 0 amide bonds.